The largest absolute Gasteiger partial charge is 0.387 e. The van der Waals surface area contributed by atoms with Gasteiger partial charge in [0.2, 0.25) is 0 Å². The third-order valence-corrected chi connectivity index (χ3v) is 3.34. The van der Waals surface area contributed by atoms with Crippen LogP contribution in [0, 0.1) is 5.41 Å². The van der Waals surface area contributed by atoms with Crippen LogP contribution in [0.5, 0.6) is 0 Å². The van der Waals surface area contributed by atoms with Gasteiger partial charge in [-0.3, -0.25) is 0 Å². The molecule has 0 amide bonds. The van der Waals surface area contributed by atoms with E-state index in [2.05, 4.69) is 0 Å². The lowest BCUT2D eigenvalue weighted by Gasteiger charge is -2.45. The van der Waals surface area contributed by atoms with Crippen LogP contribution < -0.4 is 5.73 Å². The van der Waals surface area contributed by atoms with Gasteiger partial charge in [0.25, 0.3) is 0 Å². The maximum Gasteiger partial charge on any atom is 0.0943 e. The first-order chi connectivity index (χ1) is 5.91. The van der Waals surface area contributed by atoms with Crippen LogP contribution in [0.4, 0.5) is 0 Å². The molecule has 1 heterocycles. The fourth-order valence-corrected chi connectivity index (χ4v) is 1.60. The Morgan fingerprint density at radius 1 is 1.62 bits per heavy atom. The van der Waals surface area contributed by atoms with Crippen LogP contribution >= 0.6 is 0 Å². The summed E-state index contributed by atoms with van der Waals surface area (Å²) in [6.07, 6.45) is 1.98. The van der Waals surface area contributed by atoms with E-state index in [1.807, 2.05) is 20.8 Å². The molecule has 3 heteroatoms. The first kappa shape index (κ1) is 11.0. The van der Waals surface area contributed by atoms with Crippen molar-refractivity contribution in [2.24, 2.45) is 11.1 Å². The van der Waals surface area contributed by atoms with Crippen molar-refractivity contribution >= 4 is 0 Å². The summed E-state index contributed by atoms with van der Waals surface area (Å²) in [7, 11) is 0. The third kappa shape index (κ3) is 2.03. The summed E-state index contributed by atoms with van der Waals surface area (Å²) in [6.45, 7) is 6.92. The Labute approximate surface area is 80.3 Å². The molecule has 13 heavy (non-hydrogen) atoms. The van der Waals surface area contributed by atoms with Crippen molar-refractivity contribution < 1.29 is 9.84 Å². The molecule has 3 nitrogen and oxygen atoms in total. The number of nitrogens with two attached hydrogens (primary N) is 1. The summed E-state index contributed by atoms with van der Waals surface area (Å²) in [5, 5.41) is 10.3. The molecule has 0 aromatic carbocycles. The molecule has 2 atom stereocenters. The molecule has 1 aliphatic rings. The Morgan fingerprint density at radius 3 is 2.62 bits per heavy atom. The summed E-state index contributed by atoms with van der Waals surface area (Å²) in [4.78, 5) is 0. The maximum absolute atomic E-state index is 10.3. The average Bonchev–Trinajstić information content (AvgIpc) is 2.10. The number of hydrogen-bond acceptors (Lipinski definition) is 3. The monoisotopic (exact) mass is 187 g/mol. The van der Waals surface area contributed by atoms with Crippen LogP contribution in [0.3, 0.4) is 0 Å². The minimum Gasteiger partial charge on any atom is -0.387 e. The van der Waals surface area contributed by atoms with E-state index < -0.39 is 5.60 Å². The predicted molar refractivity (Wildman–Crippen MR) is 52.4 cm³/mol. The number of hydrogen-bond donors (Lipinski definition) is 2. The van der Waals surface area contributed by atoms with Crippen molar-refractivity contribution in [2.45, 2.75) is 45.3 Å². The lowest BCUT2D eigenvalue weighted by molar-refractivity contribution is -0.166. The molecule has 0 radical (unpaired) electrons. The molecule has 0 bridgehead atoms. The molecular formula is C10H21NO2. The summed E-state index contributed by atoms with van der Waals surface area (Å²) in [6, 6.07) is 0. The zero-order chi connectivity index (χ0) is 10.1. The fraction of sp³-hybridized carbons (Fsp3) is 1.00. The summed E-state index contributed by atoms with van der Waals surface area (Å²) in [5.41, 5.74) is 4.64. The summed E-state index contributed by atoms with van der Waals surface area (Å²) < 4.78 is 5.48. The van der Waals surface area contributed by atoms with E-state index in [-0.39, 0.29) is 11.5 Å². The van der Waals surface area contributed by atoms with Crippen molar-refractivity contribution in [1.29, 1.82) is 0 Å². The van der Waals surface area contributed by atoms with E-state index in [1.165, 1.54) is 0 Å². The third-order valence-electron chi connectivity index (χ3n) is 3.34. The van der Waals surface area contributed by atoms with Crippen molar-refractivity contribution in [1.82, 2.24) is 0 Å². The topological polar surface area (TPSA) is 55.5 Å². The van der Waals surface area contributed by atoms with Gasteiger partial charge in [-0.1, -0.05) is 13.8 Å². The van der Waals surface area contributed by atoms with Crippen molar-refractivity contribution in [3.05, 3.63) is 0 Å². The van der Waals surface area contributed by atoms with Gasteiger partial charge in [-0.05, 0) is 19.8 Å². The van der Waals surface area contributed by atoms with Crippen LogP contribution in [0.25, 0.3) is 0 Å². The lowest BCUT2D eigenvalue weighted by Crippen LogP contribution is -2.55. The summed E-state index contributed by atoms with van der Waals surface area (Å²) >= 11 is 0. The fourth-order valence-electron chi connectivity index (χ4n) is 1.60. The number of aliphatic hydroxyl groups is 1. The zero-order valence-corrected chi connectivity index (χ0v) is 8.84. The van der Waals surface area contributed by atoms with Crippen molar-refractivity contribution in [3.63, 3.8) is 0 Å². The number of rotatable bonds is 2. The molecule has 1 fully saturated rings. The van der Waals surface area contributed by atoms with E-state index in [0.29, 0.717) is 13.2 Å². The molecule has 0 spiro atoms. The van der Waals surface area contributed by atoms with Crippen LogP contribution in [0.15, 0.2) is 0 Å². The van der Waals surface area contributed by atoms with E-state index >= 15 is 0 Å². The van der Waals surface area contributed by atoms with E-state index in [9.17, 15) is 5.11 Å². The molecule has 3 N–H and O–H groups in total. The standard InChI is InChI=1S/C10H21NO2/c1-8-4-5-10(12,7-13-8)9(2,3)6-11/h8,12H,4-7,11H2,1-3H3. The highest BCUT2D eigenvalue weighted by Crippen LogP contribution is 2.37. The minimum absolute atomic E-state index is 0.257. The van der Waals surface area contributed by atoms with Gasteiger partial charge in [-0.15, -0.1) is 0 Å². The highest BCUT2D eigenvalue weighted by atomic mass is 16.5. The van der Waals surface area contributed by atoms with Gasteiger partial charge in [0.1, 0.15) is 0 Å². The van der Waals surface area contributed by atoms with Crippen LogP contribution in [-0.2, 0) is 4.74 Å². The maximum atomic E-state index is 10.3. The van der Waals surface area contributed by atoms with E-state index in [4.69, 9.17) is 10.5 Å². The molecule has 1 rings (SSSR count). The molecule has 0 aromatic rings. The SMILES string of the molecule is CC1CCC(O)(C(C)(C)CN)CO1. The minimum atomic E-state index is -0.742. The van der Waals surface area contributed by atoms with Gasteiger partial charge in [0.05, 0.1) is 18.3 Å². The first-order valence-electron chi connectivity index (χ1n) is 4.95. The van der Waals surface area contributed by atoms with E-state index in [0.717, 1.165) is 12.8 Å². The normalized spacial score (nSPS) is 36.2. The second-order valence-corrected chi connectivity index (χ2v) is 4.78. The zero-order valence-electron chi connectivity index (χ0n) is 8.84. The number of ether oxygens (including phenoxy) is 1. The smallest absolute Gasteiger partial charge is 0.0943 e. The summed E-state index contributed by atoms with van der Waals surface area (Å²) in [5.74, 6) is 0. The molecule has 0 aromatic heterocycles. The highest BCUT2D eigenvalue weighted by Gasteiger charge is 2.44. The average molecular weight is 187 g/mol. The Kier molecular flexibility index (Phi) is 3.00. The van der Waals surface area contributed by atoms with E-state index in [1.54, 1.807) is 0 Å². The van der Waals surface area contributed by atoms with Crippen LogP contribution in [-0.4, -0.2) is 30.0 Å². The van der Waals surface area contributed by atoms with Crippen LogP contribution in [0.1, 0.15) is 33.6 Å². The van der Waals surface area contributed by atoms with Gasteiger partial charge < -0.3 is 15.6 Å². The second-order valence-electron chi connectivity index (χ2n) is 4.78. The molecule has 1 aliphatic heterocycles. The van der Waals surface area contributed by atoms with Crippen LogP contribution in [0.2, 0.25) is 0 Å². The Balaban J connectivity index is 2.66. The first-order valence-corrected chi connectivity index (χ1v) is 4.95. The van der Waals surface area contributed by atoms with Gasteiger partial charge in [-0.2, -0.15) is 0 Å². The molecule has 1 saturated heterocycles. The van der Waals surface area contributed by atoms with Crippen molar-refractivity contribution in [2.75, 3.05) is 13.2 Å². The molecule has 78 valence electrons. The molecule has 2 unspecified atom stereocenters. The Morgan fingerprint density at radius 2 is 2.23 bits per heavy atom. The predicted octanol–water partition coefficient (Wildman–Crippen LogP) is 0.901. The molecular weight excluding hydrogens is 166 g/mol. The van der Waals surface area contributed by atoms with Gasteiger partial charge in [0.15, 0.2) is 0 Å². The van der Waals surface area contributed by atoms with Gasteiger partial charge in [0, 0.05) is 12.0 Å². The lowest BCUT2D eigenvalue weighted by atomic mass is 9.71. The van der Waals surface area contributed by atoms with Gasteiger partial charge >= 0.3 is 0 Å². The molecule has 0 aliphatic carbocycles. The highest BCUT2D eigenvalue weighted by molar-refractivity contribution is 4.96. The quantitative estimate of drug-likeness (QED) is 0.675. The molecule has 0 saturated carbocycles. The Hall–Kier alpha value is -0.120. The second kappa shape index (κ2) is 3.56. The van der Waals surface area contributed by atoms with Crippen molar-refractivity contribution in [3.8, 4) is 0 Å². The van der Waals surface area contributed by atoms with Gasteiger partial charge in [-0.25, -0.2) is 0 Å². The Bertz CT molecular complexity index is 172.